The fourth-order valence-electron chi connectivity index (χ4n) is 2.04. The number of hydrogen-bond donors (Lipinski definition) is 2. The number of carboxylic acids is 1. The smallest absolute Gasteiger partial charge is 0.336 e. The van der Waals surface area contributed by atoms with E-state index in [-0.39, 0.29) is 5.56 Å². The number of carbonyl (C=O) groups is 1. The molecule has 0 aliphatic rings. The number of para-hydroxylation sites is 1. The highest BCUT2D eigenvalue weighted by atomic mass is 16.4. The molecule has 0 radical (unpaired) electrons. The maximum atomic E-state index is 11.3. The Bertz CT molecular complexity index is 767. The Morgan fingerprint density at radius 2 is 1.80 bits per heavy atom. The Labute approximate surface area is 114 Å². The first kappa shape index (κ1) is 12.1. The quantitative estimate of drug-likeness (QED) is 0.761. The van der Waals surface area contributed by atoms with Gasteiger partial charge in [-0.1, -0.05) is 24.3 Å². The summed E-state index contributed by atoms with van der Waals surface area (Å²) >= 11 is 0. The number of fused-ring (bicyclic) bond motifs is 1. The highest BCUT2D eigenvalue weighted by Crippen LogP contribution is 2.26. The van der Waals surface area contributed by atoms with Crippen LogP contribution in [0.2, 0.25) is 0 Å². The van der Waals surface area contributed by atoms with E-state index in [1.165, 1.54) is 6.33 Å². The van der Waals surface area contributed by atoms with Crippen molar-refractivity contribution in [3.8, 4) is 0 Å². The predicted molar refractivity (Wildman–Crippen MR) is 76.2 cm³/mol. The first-order valence-electron chi connectivity index (χ1n) is 6.05. The predicted octanol–water partition coefficient (Wildman–Crippen LogP) is 3.07. The van der Waals surface area contributed by atoms with Gasteiger partial charge in [-0.05, 0) is 24.3 Å². The van der Waals surface area contributed by atoms with E-state index >= 15 is 0 Å². The Kier molecular flexibility index (Phi) is 3.01. The molecule has 1 heterocycles. The number of anilines is 2. The molecule has 0 spiro atoms. The second-order valence-corrected chi connectivity index (χ2v) is 4.22. The molecule has 0 fully saturated rings. The summed E-state index contributed by atoms with van der Waals surface area (Å²) in [4.78, 5) is 19.6. The minimum atomic E-state index is -0.999. The second kappa shape index (κ2) is 4.97. The summed E-state index contributed by atoms with van der Waals surface area (Å²) in [6.45, 7) is 0. The van der Waals surface area contributed by atoms with E-state index in [2.05, 4.69) is 15.3 Å². The number of benzene rings is 2. The van der Waals surface area contributed by atoms with Crippen molar-refractivity contribution in [1.82, 2.24) is 9.97 Å². The second-order valence-electron chi connectivity index (χ2n) is 4.22. The molecule has 98 valence electrons. The molecule has 0 unspecified atom stereocenters. The fourth-order valence-corrected chi connectivity index (χ4v) is 2.04. The van der Waals surface area contributed by atoms with E-state index in [1.54, 1.807) is 18.2 Å². The lowest BCUT2D eigenvalue weighted by atomic mass is 10.1. The number of rotatable bonds is 3. The van der Waals surface area contributed by atoms with Gasteiger partial charge in [-0.2, -0.15) is 0 Å². The van der Waals surface area contributed by atoms with Crippen molar-refractivity contribution in [2.24, 2.45) is 0 Å². The average molecular weight is 265 g/mol. The molecule has 0 saturated carbocycles. The third-order valence-corrected chi connectivity index (χ3v) is 2.93. The summed E-state index contributed by atoms with van der Waals surface area (Å²) < 4.78 is 0. The number of carboxylic acid groups (broad SMARTS) is 1. The molecule has 2 aromatic carbocycles. The molecule has 0 aliphatic heterocycles. The van der Waals surface area contributed by atoms with Crippen LogP contribution in [-0.2, 0) is 0 Å². The first-order valence-corrected chi connectivity index (χ1v) is 6.05. The number of aromatic nitrogens is 2. The Balaban J connectivity index is 2.18. The van der Waals surface area contributed by atoms with E-state index < -0.39 is 5.97 Å². The van der Waals surface area contributed by atoms with Crippen molar-refractivity contribution in [3.05, 3.63) is 60.4 Å². The van der Waals surface area contributed by atoms with Gasteiger partial charge in [0.25, 0.3) is 0 Å². The lowest BCUT2D eigenvalue weighted by molar-refractivity contribution is 0.0699. The topological polar surface area (TPSA) is 75.1 Å². The third kappa shape index (κ3) is 2.16. The van der Waals surface area contributed by atoms with Gasteiger partial charge < -0.3 is 10.4 Å². The molecule has 20 heavy (non-hydrogen) atoms. The van der Waals surface area contributed by atoms with Gasteiger partial charge in [0.05, 0.1) is 16.5 Å². The molecule has 3 aromatic rings. The Morgan fingerprint density at radius 1 is 1.00 bits per heavy atom. The fraction of sp³-hybridized carbons (Fsp3) is 0. The molecule has 0 aliphatic carbocycles. The minimum Gasteiger partial charge on any atom is -0.478 e. The van der Waals surface area contributed by atoms with Crippen LogP contribution in [0.4, 0.5) is 11.5 Å². The van der Waals surface area contributed by atoms with E-state index in [1.807, 2.05) is 30.3 Å². The first-order chi connectivity index (χ1) is 9.75. The zero-order valence-electron chi connectivity index (χ0n) is 10.4. The lowest BCUT2D eigenvalue weighted by Gasteiger charge is -2.09. The van der Waals surface area contributed by atoms with Crippen molar-refractivity contribution in [3.63, 3.8) is 0 Å². The van der Waals surface area contributed by atoms with Gasteiger partial charge in [-0.3, -0.25) is 0 Å². The van der Waals surface area contributed by atoms with Crippen LogP contribution in [0.25, 0.3) is 10.9 Å². The van der Waals surface area contributed by atoms with Crippen LogP contribution >= 0.6 is 0 Å². The Morgan fingerprint density at radius 3 is 2.55 bits per heavy atom. The van der Waals surface area contributed by atoms with Crippen LogP contribution in [-0.4, -0.2) is 21.0 Å². The van der Waals surface area contributed by atoms with Crippen molar-refractivity contribution >= 4 is 28.4 Å². The maximum Gasteiger partial charge on any atom is 0.336 e. The van der Waals surface area contributed by atoms with Gasteiger partial charge in [-0.15, -0.1) is 0 Å². The standard InChI is InChI=1S/C15H11N3O2/c19-15(20)11-7-4-8-12-13(11)14(17-9-16-12)18-10-5-2-1-3-6-10/h1-9H,(H,19,20)(H,16,17,18). The normalized spacial score (nSPS) is 10.4. The van der Waals surface area contributed by atoms with Gasteiger partial charge in [0.1, 0.15) is 12.1 Å². The zero-order chi connectivity index (χ0) is 13.9. The van der Waals surface area contributed by atoms with Crippen LogP contribution in [0.3, 0.4) is 0 Å². The third-order valence-electron chi connectivity index (χ3n) is 2.93. The summed E-state index contributed by atoms with van der Waals surface area (Å²) in [5.74, 6) is -0.513. The monoisotopic (exact) mass is 265 g/mol. The number of hydrogen-bond acceptors (Lipinski definition) is 4. The average Bonchev–Trinajstić information content (AvgIpc) is 2.48. The molecule has 0 amide bonds. The van der Waals surface area contributed by atoms with Crippen molar-refractivity contribution in [1.29, 1.82) is 0 Å². The van der Waals surface area contributed by atoms with Crippen LogP contribution in [0, 0.1) is 0 Å². The van der Waals surface area contributed by atoms with Crippen LogP contribution < -0.4 is 5.32 Å². The zero-order valence-corrected chi connectivity index (χ0v) is 10.4. The molecule has 0 saturated heterocycles. The van der Waals surface area contributed by atoms with Gasteiger partial charge in [0, 0.05) is 5.69 Å². The Hall–Kier alpha value is -2.95. The molecular formula is C15H11N3O2. The van der Waals surface area contributed by atoms with E-state index in [0.717, 1.165) is 5.69 Å². The largest absolute Gasteiger partial charge is 0.478 e. The van der Waals surface area contributed by atoms with Gasteiger partial charge >= 0.3 is 5.97 Å². The molecule has 3 rings (SSSR count). The van der Waals surface area contributed by atoms with Gasteiger partial charge in [0.15, 0.2) is 0 Å². The molecule has 2 N–H and O–H groups in total. The SMILES string of the molecule is O=C(O)c1cccc2ncnc(Nc3ccccc3)c12. The van der Waals surface area contributed by atoms with Crippen LogP contribution in [0.5, 0.6) is 0 Å². The highest BCUT2D eigenvalue weighted by molar-refractivity contribution is 6.07. The number of nitrogens with zero attached hydrogens (tertiary/aromatic N) is 2. The number of nitrogens with one attached hydrogen (secondary N) is 1. The molecule has 0 atom stereocenters. The van der Waals surface area contributed by atoms with E-state index in [9.17, 15) is 9.90 Å². The summed E-state index contributed by atoms with van der Waals surface area (Å²) in [6, 6.07) is 14.4. The van der Waals surface area contributed by atoms with Gasteiger partial charge in [-0.25, -0.2) is 14.8 Å². The van der Waals surface area contributed by atoms with E-state index in [0.29, 0.717) is 16.7 Å². The van der Waals surface area contributed by atoms with Crippen LogP contribution in [0.1, 0.15) is 10.4 Å². The molecule has 5 nitrogen and oxygen atoms in total. The maximum absolute atomic E-state index is 11.3. The van der Waals surface area contributed by atoms with Crippen molar-refractivity contribution in [2.75, 3.05) is 5.32 Å². The molecular weight excluding hydrogens is 254 g/mol. The summed E-state index contributed by atoms with van der Waals surface area (Å²) in [7, 11) is 0. The summed E-state index contributed by atoms with van der Waals surface area (Å²) in [5, 5.41) is 12.9. The van der Waals surface area contributed by atoms with E-state index in [4.69, 9.17) is 0 Å². The molecule has 5 heteroatoms. The van der Waals surface area contributed by atoms with Crippen molar-refractivity contribution in [2.45, 2.75) is 0 Å². The highest BCUT2D eigenvalue weighted by Gasteiger charge is 2.13. The minimum absolute atomic E-state index is 0.182. The van der Waals surface area contributed by atoms with Crippen LogP contribution in [0.15, 0.2) is 54.9 Å². The number of aromatic carboxylic acids is 1. The summed E-state index contributed by atoms with van der Waals surface area (Å²) in [6.07, 6.45) is 1.42. The van der Waals surface area contributed by atoms with Gasteiger partial charge in [0.2, 0.25) is 0 Å². The molecule has 0 bridgehead atoms. The lowest BCUT2D eigenvalue weighted by Crippen LogP contribution is -2.02. The molecule has 1 aromatic heterocycles. The van der Waals surface area contributed by atoms with Crippen molar-refractivity contribution < 1.29 is 9.90 Å². The summed E-state index contributed by atoms with van der Waals surface area (Å²) in [5.41, 5.74) is 1.62.